The van der Waals surface area contributed by atoms with Crippen LogP contribution in [0.15, 0.2) is 12.1 Å². The summed E-state index contributed by atoms with van der Waals surface area (Å²) >= 11 is 6.07. The number of benzene rings is 1. The van der Waals surface area contributed by atoms with E-state index >= 15 is 0 Å². The zero-order valence-electron chi connectivity index (χ0n) is 14.8. The summed E-state index contributed by atoms with van der Waals surface area (Å²) in [6.07, 6.45) is 4.38. The molecular formula is C18H24ClNO5. The maximum atomic E-state index is 12.2. The molecule has 0 aromatic heterocycles. The lowest BCUT2D eigenvalue weighted by atomic mass is 9.86. The molecule has 1 aromatic carbocycles. The summed E-state index contributed by atoms with van der Waals surface area (Å²) < 4.78 is 15.4. The molecule has 1 fully saturated rings. The standard InChI is InChI=1S/C18H24ClNO5/c1-11-6-4-5-7-14(11)20-16(21)10-25-18(22)12-8-13(19)17(24-3)15(9-12)23-2/h8-9,11,14H,4-7,10H2,1-3H3,(H,20,21)/t11-,14+/m1/s1. The van der Waals surface area contributed by atoms with Crippen LogP contribution in [0.2, 0.25) is 5.02 Å². The van der Waals surface area contributed by atoms with Crippen LogP contribution in [0.25, 0.3) is 0 Å². The van der Waals surface area contributed by atoms with Crippen molar-refractivity contribution in [1.82, 2.24) is 5.32 Å². The molecule has 1 aliphatic carbocycles. The average molecular weight is 370 g/mol. The normalized spacial score (nSPS) is 19.8. The summed E-state index contributed by atoms with van der Waals surface area (Å²) in [4.78, 5) is 24.2. The van der Waals surface area contributed by atoms with Crippen molar-refractivity contribution in [2.45, 2.75) is 38.6 Å². The molecule has 1 aromatic rings. The van der Waals surface area contributed by atoms with E-state index in [1.165, 1.54) is 32.8 Å². The molecule has 0 radical (unpaired) electrons. The Morgan fingerprint density at radius 1 is 1.20 bits per heavy atom. The smallest absolute Gasteiger partial charge is 0.338 e. The van der Waals surface area contributed by atoms with Gasteiger partial charge in [-0.05, 0) is 30.9 Å². The van der Waals surface area contributed by atoms with Crippen molar-refractivity contribution >= 4 is 23.5 Å². The second kappa shape index (κ2) is 8.94. The summed E-state index contributed by atoms with van der Waals surface area (Å²) in [5, 5.41) is 3.17. The fraction of sp³-hybridized carbons (Fsp3) is 0.556. The third kappa shape index (κ3) is 5.01. The maximum absolute atomic E-state index is 12.2. The molecule has 1 saturated carbocycles. The van der Waals surface area contributed by atoms with Crippen LogP contribution < -0.4 is 14.8 Å². The van der Waals surface area contributed by atoms with E-state index in [-0.39, 0.29) is 29.1 Å². The van der Waals surface area contributed by atoms with Gasteiger partial charge >= 0.3 is 5.97 Å². The van der Waals surface area contributed by atoms with Crippen LogP contribution in [-0.2, 0) is 9.53 Å². The molecule has 2 rings (SSSR count). The monoisotopic (exact) mass is 369 g/mol. The zero-order chi connectivity index (χ0) is 18.4. The van der Waals surface area contributed by atoms with E-state index in [1.54, 1.807) is 0 Å². The Labute approximate surface area is 152 Å². The Kier molecular flexibility index (Phi) is 6.93. The lowest BCUT2D eigenvalue weighted by Crippen LogP contribution is -2.42. The molecule has 6 nitrogen and oxygen atoms in total. The van der Waals surface area contributed by atoms with Gasteiger partial charge in [0.05, 0.1) is 24.8 Å². The first kappa shape index (κ1) is 19.4. The number of rotatable bonds is 6. The minimum absolute atomic E-state index is 0.149. The molecule has 2 atom stereocenters. The number of hydrogen-bond donors (Lipinski definition) is 1. The second-order valence-electron chi connectivity index (χ2n) is 6.21. The molecule has 0 heterocycles. The predicted octanol–water partition coefficient (Wildman–Crippen LogP) is 3.21. The fourth-order valence-electron chi connectivity index (χ4n) is 3.03. The van der Waals surface area contributed by atoms with Crippen molar-refractivity contribution in [2.75, 3.05) is 20.8 Å². The number of halogens is 1. The molecule has 0 aliphatic heterocycles. The van der Waals surface area contributed by atoms with Crippen molar-refractivity contribution in [1.29, 1.82) is 0 Å². The highest BCUT2D eigenvalue weighted by Gasteiger charge is 2.23. The first-order valence-electron chi connectivity index (χ1n) is 8.34. The van der Waals surface area contributed by atoms with Crippen molar-refractivity contribution in [2.24, 2.45) is 5.92 Å². The summed E-state index contributed by atoms with van der Waals surface area (Å²) in [7, 11) is 2.90. The quantitative estimate of drug-likeness (QED) is 0.779. The zero-order valence-corrected chi connectivity index (χ0v) is 15.5. The molecule has 25 heavy (non-hydrogen) atoms. The highest BCUT2D eigenvalue weighted by molar-refractivity contribution is 6.32. The van der Waals surface area contributed by atoms with Crippen LogP contribution in [0, 0.1) is 5.92 Å². The van der Waals surface area contributed by atoms with Crippen LogP contribution in [0.4, 0.5) is 0 Å². The molecule has 0 bridgehead atoms. The number of esters is 1. The van der Waals surface area contributed by atoms with Gasteiger partial charge in [0.25, 0.3) is 5.91 Å². The number of methoxy groups -OCH3 is 2. The summed E-state index contributed by atoms with van der Waals surface area (Å²) in [6, 6.07) is 3.04. The molecule has 0 saturated heterocycles. The largest absolute Gasteiger partial charge is 0.493 e. The van der Waals surface area contributed by atoms with Gasteiger partial charge in [-0.25, -0.2) is 4.79 Å². The van der Waals surface area contributed by atoms with Gasteiger partial charge in [0.15, 0.2) is 18.1 Å². The molecule has 7 heteroatoms. The van der Waals surface area contributed by atoms with Gasteiger partial charge in [0, 0.05) is 6.04 Å². The Morgan fingerprint density at radius 2 is 1.92 bits per heavy atom. The lowest BCUT2D eigenvalue weighted by Gasteiger charge is -2.29. The highest BCUT2D eigenvalue weighted by atomic mass is 35.5. The fourth-order valence-corrected chi connectivity index (χ4v) is 3.32. The van der Waals surface area contributed by atoms with Gasteiger partial charge in [-0.2, -0.15) is 0 Å². The summed E-state index contributed by atoms with van der Waals surface area (Å²) in [5.41, 5.74) is 0.196. The van der Waals surface area contributed by atoms with E-state index < -0.39 is 5.97 Å². The third-order valence-corrected chi connectivity index (χ3v) is 4.74. The SMILES string of the molecule is COc1cc(C(=O)OCC(=O)N[C@H]2CCCC[C@H]2C)cc(Cl)c1OC. The van der Waals surface area contributed by atoms with Crippen molar-refractivity contribution in [3.63, 3.8) is 0 Å². The molecule has 1 N–H and O–H groups in total. The minimum atomic E-state index is -0.644. The number of carbonyl (C=O) groups is 2. The van der Waals surface area contributed by atoms with Crippen molar-refractivity contribution < 1.29 is 23.8 Å². The molecule has 0 unspecified atom stereocenters. The topological polar surface area (TPSA) is 73.9 Å². The Balaban J connectivity index is 1.93. The van der Waals surface area contributed by atoms with E-state index in [2.05, 4.69) is 12.2 Å². The van der Waals surface area contributed by atoms with E-state index in [0.29, 0.717) is 17.4 Å². The summed E-state index contributed by atoms with van der Waals surface area (Å²) in [6.45, 7) is 1.80. The summed E-state index contributed by atoms with van der Waals surface area (Å²) in [5.74, 6) is 0.165. The van der Waals surface area contributed by atoms with E-state index in [9.17, 15) is 9.59 Å². The number of amides is 1. The van der Waals surface area contributed by atoms with E-state index in [4.69, 9.17) is 25.8 Å². The van der Waals surface area contributed by atoms with Crippen molar-refractivity contribution in [3.8, 4) is 11.5 Å². The van der Waals surface area contributed by atoms with Gasteiger partial charge < -0.3 is 19.5 Å². The first-order valence-corrected chi connectivity index (χ1v) is 8.72. The molecular weight excluding hydrogens is 346 g/mol. The molecule has 1 aliphatic rings. The van der Waals surface area contributed by atoms with Gasteiger partial charge in [0.1, 0.15) is 0 Å². The number of carbonyl (C=O) groups excluding carboxylic acids is 2. The minimum Gasteiger partial charge on any atom is -0.493 e. The average Bonchev–Trinajstić information content (AvgIpc) is 2.60. The van der Waals surface area contributed by atoms with Crippen LogP contribution >= 0.6 is 11.6 Å². The number of hydrogen-bond acceptors (Lipinski definition) is 5. The maximum Gasteiger partial charge on any atom is 0.338 e. The third-order valence-electron chi connectivity index (χ3n) is 4.46. The van der Waals surface area contributed by atoms with Crippen LogP contribution in [0.5, 0.6) is 11.5 Å². The Morgan fingerprint density at radius 3 is 2.56 bits per heavy atom. The van der Waals surface area contributed by atoms with Crippen LogP contribution in [0.1, 0.15) is 43.0 Å². The van der Waals surface area contributed by atoms with Gasteiger partial charge in [-0.15, -0.1) is 0 Å². The Bertz CT molecular complexity index is 634. The molecule has 138 valence electrons. The highest BCUT2D eigenvalue weighted by Crippen LogP contribution is 2.36. The first-order chi connectivity index (χ1) is 12.0. The van der Waals surface area contributed by atoms with Gasteiger partial charge in [-0.1, -0.05) is 31.4 Å². The molecule has 1 amide bonds. The van der Waals surface area contributed by atoms with Gasteiger partial charge in [-0.3, -0.25) is 4.79 Å². The van der Waals surface area contributed by atoms with E-state index in [1.807, 2.05) is 0 Å². The number of nitrogens with one attached hydrogen (secondary N) is 1. The number of ether oxygens (including phenoxy) is 3. The predicted molar refractivity (Wildman–Crippen MR) is 94.4 cm³/mol. The second-order valence-corrected chi connectivity index (χ2v) is 6.61. The van der Waals surface area contributed by atoms with E-state index in [0.717, 1.165) is 19.3 Å². The Hall–Kier alpha value is -1.95. The van der Waals surface area contributed by atoms with Gasteiger partial charge in [0.2, 0.25) is 0 Å². The van der Waals surface area contributed by atoms with Crippen molar-refractivity contribution in [3.05, 3.63) is 22.7 Å². The molecule has 0 spiro atoms. The van der Waals surface area contributed by atoms with Crippen LogP contribution in [0.3, 0.4) is 0 Å². The lowest BCUT2D eigenvalue weighted by molar-refractivity contribution is -0.125. The van der Waals surface area contributed by atoms with Crippen LogP contribution in [-0.4, -0.2) is 38.7 Å².